The molecule has 2 nitrogen and oxygen atoms in total. The molecule has 0 bridgehead atoms. The van der Waals surface area contributed by atoms with E-state index in [1.165, 1.54) is 6.07 Å². The van der Waals surface area contributed by atoms with Crippen LogP contribution in [-0.2, 0) is 0 Å². The first-order valence-corrected chi connectivity index (χ1v) is 6.46. The van der Waals surface area contributed by atoms with Gasteiger partial charge in [-0.3, -0.25) is 4.79 Å². The molecule has 1 amide bonds. The van der Waals surface area contributed by atoms with Crippen molar-refractivity contribution < 1.29 is 18.0 Å². The van der Waals surface area contributed by atoms with Crippen LogP contribution in [-0.4, -0.2) is 5.91 Å². The molecule has 0 aromatic heterocycles. The zero-order valence-corrected chi connectivity index (χ0v) is 12.0. The molecule has 0 unspecified atom stereocenters. The third-order valence-corrected chi connectivity index (χ3v) is 3.03. The molecule has 1 N–H and O–H groups in total. The van der Waals surface area contributed by atoms with Gasteiger partial charge in [0.15, 0.2) is 0 Å². The molecule has 20 heavy (non-hydrogen) atoms. The molecule has 104 valence electrons. The maximum absolute atomic E-state index is 13.6. The van der Waals surface area contributed by atoms with E-state index in [4.69, 9.17) is 11.6 Å². The van der Waals surface area contributed by atoms with Crippen LogP contribution in [0.1, 0.15) is 10.4 Å². The zero-order valence-electron chi connectivity index (χ0n) is 9.68. The topological polar surface area (TPSA) is 29.1 Å². The molecule has 2 rings (SSSR count). The van der Waals surface area contributed by atoms with E-state index in [-0.39, 0.29) is 15.2 Å². The summed E-state index contributed by atoms with van der Waals surface area (Å²) in [6.07, 6.45) is 0. The molecule has 0 aliphatic heterocycles. The summed E-state index contributed by atoms with van der Waals surface area (Å²) in [6, 6.07) is 5.20. The Hall–Kier alpha value is -1.53. The largest absolute Gasteiger partial charge is 0.322 e. The number of nitrogens with one attached hydrogen (secondary N) is 1. The van der Waals surface area contributed by atoms with Gasteiger partial charge in [-0.25, -0.2) is 13.2 Å². The van der Waals surface area contributed by atoms with Crippen molar-refractivity contribution in [2.75, 3.05) is 5.32 Å². The summed E-state index contributed by atoms with van der Waals surface area (Å²) in [5.74, 6) is -3.77. The van der Waals surface area contributed by atoms with Crippen LogP contribution in [0.15, 0.2) is 34.8 Å². The van der Waals surface area contributed by atoms with Crippen molar-refractivity contribution in [2.24, 2.45) is 0 Å². The number of halogens is 5. The van der Waals surface area contributed by atoms with E-state index in [0.717, 1.165) is 24.3 Å². The number of rotatable bonds is 2. The van der Waals surface area contributed by atoms with Gasteiger partial charge in [0.1, 0.15) is 23.0 Å². The number of anilines is 1. The first-order valence-electron chi connectivity index (χ1n) is 5.29. The number of benzene rings is 2. The monoisotopic (exact) mass is 363 g/mol. The van der Waals surface area contributed by atoms with Crippen LogP contribution in [0.4, 0.5) is 18.9 Å². The molecule has 0 aliphatic carbocycles. The second-order valence-corrected chi connectivity index (χ2v) is 5.21. The van der Waals surface area contributed by atoms with Gasteiger partial charge in [0.25, 0.3) is 5.91 Å². The predicted octanol–water partition coefficient (Wildman–Crippen LogP) is 4.77. The molecule has 7 heteroatoms. The van der Waals surface area contributed by atoms with Crippen molar-refractivity contribution in [3.05, 3.63) is 62.8 Å². The van der Waals surface area contributed by atoms with E-state index in [0.29, 0.717) is 0 Å². The molecular weight excluding hydrogens is 358 g/mol. The minimum Gasteiger partial charge on any atom is -0.322 e. The Labute approximate surface area is 125 Å². The highest BCUT2D eigenvalue weighted by atomic mass is 79.9. The summed E-state index contributed by atoms with van der Waals surface area (Å²) in [7, 11) is 0. The van der Waals surface area contributed by atoms with Gasteiger partial charge in [0.05, 0.1) is 0 Å². The Morgan fingerprint density at radius 3 is 2.20 bits per heavy atom. The van der Waals surface area contributed by atoms with Crippen LogP contribution in [0.5, 0.6) is 0 Å². The van der Waals surface area contributed by atoms with Gasteiger partial charge in [-0.05, 0) is 30.3 Å². The minimum atomic E-state index is -1.03. The lowest BCUT2D eigenvalue weighted by Gasteiger charge is -2.08. The maximum atomic E-state index is 13.6. The van der Waals surface area contributed by atoms with Crippen LogP contribution in [0.25, 0.3) is 0 Å². The standard InChI is InChI=1S/C13H6BrClF3NO/c14-6-1-10(17)12(11(18)2-6)13(20)19-9-4-7(15)3-8(16)5-9/h1-5H,(H,19,20). The molecule has 0 heterocycles. The summed E-state index contributed by atoms with van der Waals surface area (Å²) >= 11 is 8.52. The average molecular weight is 365 g/mol. The Morgan fingerprint density at radius 2 is 1.65 bits per heavy atom. The highest BCUT2D eigenvalue weighted by Gasteiger charge is 2.18. The highest BCUT2D eigenvalue weighted by Crippen LogP contribution is 2.22. The average Bonchev–Trinajstić information content (AvgIpc) is 2.25. The molecular formula is C13H6BrClF3NO. The quantitative estimate of drug-likeness (QED) is 0.817. The van der Waals surface area contributed by atoms with Crippen LogP contribution < -0.4 is 5.32 Å². The van der Waals surface area contributed by atoms with Crippen molar-refractivity contribution in [1.82, 2.24) is 0 Å². The van der Waals surface area contributed by atoms with Gasteiger partial charge in [0, 0.05) is 15.2 Å². The molecule has 0 radical (unpaired) electrons. The summed E-state index contributed by atoms with van der Waals surface area (Å²) in [5, 5.41) is 2.24. The third kappa shape index (κ3) is 3.32. The van der Waals surface area contributed by atoms with Crippen LogP contribution in [0.2, 0.25) is 5.02 Å². The van der Waals surface area contributed by atoms with Crippen LogP contribution in [0, 0.1) is 17.5 Å². The molecule has 0 spiro atoms. The lowest BCUT2D eigenvalue weighted by atomic mass is 10.1. The summed E-state index contributed by atoms with van der Waals surface area (Å²) < 4.78 is 40.5. The van der Waals surface area contributed by atoms with E-state index in [2.05, 4.69) is 21.2 Å². The number of carbonyl (C=O) groups is 1. The molecule has 0 saturated carbocycles. The van der Waals surface area contributed by atoms with Gasteiger partial charge >= 0.3 is 0 Å². The second kappa shape index (κ2) is 5.85. The first kappa shape index (κ1) is 14.9. The van der Waals surface area contributed by atoms with E-state index < -0.39 is 28.9 Å². The van der Waals surface area contributed by atoms with Crippen LogP contribution in [0.3, 0.4) is 0 Å². The second-order valence-electron chi connectivity index (χ2n) is 3.86. The van der Waals surface area contributed by atoms with E-state index in [1.54, 1.807) is 0 Å². The van der Waals surface area contributed by atoms with E-state index >= 15 is 0 Å². The number of amides is 1. The molecule has 2 aromatic rings. The van der Waals surface area contributed by atoms with Gasteiger partial charge in [-0.2, -0.15) is 0 Å². The summed E-state index contributed by atoms with van der Waals surface area (Å²) in [4.78, 5) is 11.8. The normalized spacial score (nSPS) is 10.4. The van der Waals surface area contributed by atoms with Crippen molar-refractivity contribution in [3.63, 3.8) is 0 Å². The SMILES string of the molecule is O=C(Nc1cc(F)cc(Cl)c1)c1c(F)cc(Br)cc1F. The lowest BCUT2D eigenvalue weighted by Crippen LogP contribution is -2.16. The van der Waals surface area contributed by atoms with Gasteiger partial charge < -0.3 is 5.32 Å². The molecule has 0 atom stereocenters. The van der Waals surface area contributed by atoms with Crippen molar-refractivity contribution in [3.8, 4) is 0 Å². The molecule has 0 saturated heterocycles. The third-order valence-electron chi connectivity index (χ3n) is 2.35. The van der Waals surface area contributed by atoms with E-state index in [1.807, 2.05) is 0 Å². The lowest BCUT2D eigenvalue weighted by molar-refractivity contribution is 0.101. The molecule has 0 fully saturated rings. The maximum Gasteiger partial charge on any atom is 0.261 e. The van der Waals surface area contributed by atoms with Crippen LogP contribution >= 0.6 is 27.5 Å². The van der Waals surface area contributed by atoms with Crippen molar-refractivity contribution in [1.29, 1.82) is 0 Å². The smallest absolute Gasteiger partial charge is 0.261 e. The van der Waals surface area contributed by atoms with Gasteiger partial charge in [-0.1, -0.05) is 27.5 Å². The number of hydrogen-bond acceptors (Lipinski definition) is 1. The highest BCUT2D eigenvalue weighted by molar-refractivity contribution is 9.10. The Balaban J connectivity index is 2.33. The molecule has 0 aliphatic rings. The summed E-state index contributed by atoms with van der Waals surface area (Å²) in [5.41, 5.74) is -0.754. The summed E-state index contributed by atoms with van der Waals surface area (Å²) in [6.45, 7) is 0. The minimum absolute atomic E-state index is 0.00159. The van der Waals surface area contributed by atoms with Gasteiger partial charge in [-0.15, -0.1) is 0 Å². The molecule has 2 aromatic carbocycles. The predicted molar refractivity (Wildman–Crippen MR) is 73.4 cm³/mol. The Kier molecular flexibility index (Phi) is 4.35. The van der Waals surface area contributed by atoms with Gasteiger partial charge in [0.2, 0.25) is 0 Å². The fourth-order valence-electron chi connectivity index (χ4n) is 1.58. The fraction of sp³-hybridized carbons (Fsp3) is 0. The van der Waals surface area contributed by atoms with E-state index in [9.17, 15) is 18.0 Å². The fourth-order valence-corrected chi connectivity index (χ4v) is 2.20. The Bertz CT molecular complexity index is 650. The first-order chi connectivity index (χ1) is 9.36. The zero-order chi connectivity index (χ0) is 14.9. The Morgan fingerprint density at radius 1 is 1.05 bits per heavy atom. The number of hydrogen-bond donors (Lipinski definition) is 1. The number of carbonyl (C=O) groups excluding carboxylic acids is 1. The van der Waals surface area contributed by atoms with Crippen molar-refractivity contribution >= 4 is 39.1 Å². The van der Waals surface area contributed by atoms with Crippen molar-refractivity contribution in [2.45, 2.75) is 0 Å².